The number of hydrogen-bond donors (Lipinski definition) is 4. The predicted octanol–water partition coefficient (Wildman–Crippen LogP) is 6.70. The van der Waals surface area contributed by atoms with Crippen LogP contribution in [0, 0.1) is 0 Å². The van der Waals surface area contributed by atoms with Crippen LogP contribution in [0.4, 0.5) is 0 Å². The molecule has 18 nitrogen and oxygen atoms in total. The van der Waals surface area contributed by atoms with Gasteiger partial charge in [0.25, 0.3) is 0 Å². The number of phosphoric acid groups is 1. The summed E-state index contributed by atoms with van der Waals surface area (Å²) in [6, 6.07) is 0. The summed E-state index contributed by atoms with van der Waals surface area (Å²) in [5.74, 6) is -4.62. The number of carboxylic acid groups (broad SMARTS) is 3. The number of unbranched alkanes of at least 4 members (excludes halogenated alkanes) is 13. The molecule has 3 unspecified atom stereocenters. The van der Waals surface area contributed by atoms with Gasteiger partial charge in [-0.25, -0.2) is 4.57 Å². The fourth-order valence-electron chi connectivity index (χ4n) is 7.79. The number of carboxylic acids is 3. The molecule has 1 aliphatic rings. The summed E-state index contributed by atoms with van der Waals surface area (Å²) >= 11 is 0. The summed E-state index contributed by atoms with van der Waals surface area (Å²) in [7, 11) is -4.65. The number of Topliss-reactive ketones (excluding diaryl/α,β-unsaturated/α-hetero) is 1. The number of rotatable bonds is 40. The summed E-state index contributed by atoms with van der Waals surface area (Å²) in [5.41, 5.74) is -1.02. The molecule has 4 N–H and O–H groups in total. The molecule has 1 heterocycles. The molecule has 0 radical (unpaired) electrons. The Morgan fingerprint density at radius 3 is 1.68 bits per heavy atom. The average molecular weight is 922 g/mol. The van der Waals surface area contributed by atoms with E-state index in [-0.39, 0.29) is 64.2 Å². The Bertz CT molecular complexity index is 1370. The molecule has 0 aromatic carbocycles. The van der Waals surface area contributed by atoms with Crippen molar-refractivity contribution in [1.29, 1.82) is 0 Å². The monoisotopic (exact) mass is 922 g/mol. The van der Waals surface area contributed by atoms with Crippen LogP contribution in [0.25, 0.3) is 0 Å². The SMILES string of the molecule is CCCCCCCCCC(=O)OCC(COP(=O)(O)OCCCC(=O)CCCCC1(N(CC(=O)O)CC(=O)O)CN(CC)CCN(CC(=O)O)C1)OC(=O)CCCCCCCCC. The van der Waals surface area contributed by atoms with E-state index in [1.54, 1.807) is 4.90 Å². The summed E-state index contributed by atoms with van der Waals surface area (Å²) < 4.78 is 33.9. The molecule has 0 amide bonds. The molecule has 1 aliphatic heterocycles. The lowest BCUT2D eigenvalue weighted by Gasteiger charge is -2.45. The van der Waals surface area contributed by atoms with Gasteiger partial charge in [0.1, 0.15) is 12.4 Å². The van der Waals surface area contributed by atoms with Crippen molar-refractivity contribution in [3.05, 3.63) is 0 Å². The Morgan fingerprint density at radius 2 is 1.13 bits per heavy atom. The minimum absolute atomic E-state index is 0.0266. The highest BCUT2D eigenvalue weighted by atomic mass is 31.2. The maximum absolute atomic E-state index is 12.8. The van der Waals surface area contributed by atoms with Gasteiger partial charge in [-0.3, -0.25) is 47.6 Å². The van der Waals surface area contributed by atoms with Crippen LogP contribution in [0.2, 0.25) is 0 Å². The smallest absolute Gasteiger partial charge is 0.472 e. The molecule has 0 aromatic rings. The molecule has 366 valence electrons. The van der Waals surface area contributed by atoms with Crippen LogP contribution in [0.1, 0.15) is 162 Å². The predicted molar refractivity (Wildman–Crippen MR) is 236 cm³/mol. The highest BCUT2D eigenvalue weighted by Crippen LogP contribution is 2.43. The first-order chi connectivity index (χ1) is 30.0. The van der Waals surface area contributed by atoms with Gasteiger partial charge in [0, 0.05) is 57.4 Å². The van der Waals surface area contributed by atoms with Crippen molar-refractivity contribution in [2.45, 2.75) is 174 Å². The second kappa shape index (κ2) is 34.4. The average Bonchev–Trinajstić information content (AvgIpc) is 3.40. The topological polar surface area (TPSA) is 247 Å². The molecule has 3 atom stereocenters. The Labute approximate surface area is 375 Å². The van der Waals surface area contributed by atoms with Crippen LogP contribution in [-0.4, -0.2) is 154 Å². The van der Waals surface area contributed by atoms with Gasteiger partial charge in [0.15, 0.2) is 6.10 Å². The van der Waals surface area contributed by atoms with Crippen LogP contribution in [0.15, 0.2) is 0 Å². The van der Waals surface area contributed by atoms with Gasteiger partial charge >= 0.3 is 37.7 Å². The van der Waals surface area contributed by atoms with E-state index in [0.29, 0.717) is 58.3 Å². The lowest BCUT2D eigenvalue weighted by atomic mass is 9.88. The molecule has 1 saturated heterocycles. The molecule has 0 bridgehead atoms. The van der Waals surface area contributed by atoms with Crippen molar-refractivity contribution in [3.8, 4) is 0 Å². The van der Waals surface area contributed by atoms with Gasteiger partial charge in [-0.05, 0) is 38.6 Å². The van der Waals surface area contributed by atoms with Crippen LogP contribution < -0.4 is 0 Å². The Balaban J connectivity index is 2.72. The molecular formula is C44H80N3O15P. The number of aliphatic carboxylic acids is 3. The quantitative estimate of drug-likeness (QED) is 0.0284. The molecule has 0 aromatic heterocycles. The number of ether oxygens (including phenoxy) is 2. The van der Waals surface area contributed by atoms with Crippen molar-refractivity contribution in [3.63, 3.8) is 0 Å². The Morgan fingerprint density at radius 1 is 0.619 bits per heavy atom. The van der Waals surface area contributed by atoms with Crippen LogP contribution in [-0.2, 0) is 51.9 Å². The first-order valence-corrected chi connectivity index (χ1v) is 24.9. The van der Waals surface area contributed by atoms with Crippen molar-refractivity contribution in [2.24, 2.45) is 0 Å². The number of carbonyl (C=O) groups excluding carboxylic acids is 3. The van der Waals surface area contributed by atoms with Crippen LogP contribution >= 0.6 is 7.82 Å². The first kappa shape index (κ1) is 58.0. The van der Waals surface area contributed by atoms with Crippen molar-refractivity contribution in [2.75, 3.05) is 72.2 Å². The summed E-state index contributed by atoms with van der Waals surface area (Å²) in [5, 5.41) is 28.9. The van der Waals surface area contributed by atoms with E-state index in [1.807, 2.05) is 11.8 Å². The number of esters is 2. The number of hydrogen-bond acceptors (Lipinski definition) is 14. The Kier molecular flexibility index (Phi) is 31.7. The highest BCUT2D eigenvalue weighted by molar-refractivity contribution is 7.47. The van der Waals surface area contributed by atoms with E-state index in [4.69, 9.17) is 18.5 Å². The molecule has 63 heavy (non-hydrogen) atoms. The molecule has 19 heteroatoms. The van der Waals surface area contributed by atoms with Gasteiger partial charge in [-0.15, -0.1) is 0 Å². The normalized spacial score (nSPS) is 17.5. The van der Waals surface area contributed by atoms with E-state index in [0.717, 1.165) is 57.8 Å². The third-order valence-electron chi connectivity index (χ3n) is 11.2. The van der Waals surface area contributed by atoms with E-state index < -0.39 is 69.0 Å². The maximum Gasteiger partial charge on any atom is 0.472 e. The Hall–Kier alpha value is -2.99. The number of ketones is 1. The number of carbonyl (C=O) groups is 6. The molecule has 0 spiro atoms. The third kappa shape index (κ3) is 29.2. The number of nitrogens with zero attached hydrogens (tertiary/aromatic N) is 3. The molecular weight excluding hydrogens is 841 g/mol. The first-order valence-electron chi connectivity index (χ1n) is 23.4. The minimum atomic E-state index is -4.65. The minimum Gasteiger partial charge on any atom is -0.480 e. The second-order valence-corrected chi connectivity index (χ2v) is 18.3. The van der Waals surface area contributed by atoms with E-state index >= 15 is 0 Å². The van der Waals surface area contributed by atoms with Crippen molar-refractivity contribution >= 4 is 43.5 Å². The zero-order chi connectivity index (χ0) is 46.9. The van der Waals surface area contributed by atoms with Gasteiger partial charge in [0.2, 0.25) is 0 Å². The van der Waals surface area contributed by atoms with E-state index in [1.165, 1.54) is 24.2 Å². The van der Waals surface area contributed by atoms with Gasteiger partial charge in [0.05, 0.1) is 32.8 Å². The second-order valence-electron chi connectivity index (χ2n) is 16.8. The van der Waals surface area contributed by atoms with Gasteiger partial charge < -0.3 is 34.6 Å². The third-order valence-corrected chi connectivity index (χ3v) is 12.2. The fraction of sp³-hybridized carbons (Fsp3) is 0.864. The van der Waals surface area contributed by atoms with Gasteiger partial charge in [-0.2, -0.15) is 0 Å². The van der Waals surface area contributed by atoms with E-state index in [2.05, 4.69) is 13.8 Å². The van der Waals surface area contributed by atoms with Crippen molar-refractivity contribution in [1.82, 2.24) is 14.7 Å². The fourth-order valence-corrected chi connectivity index (χ4v) is 8.58. The molecule has 0 aliphatic carbocycles. The highest BCUT2D eigenvalue weighted by Gasteiger charge is 2.43. The molecule has 0 saturated carbocycles. The van der Waals surface area contributed by atoms with Crippen LogP contribution in [0.5, 0.6) is 0 Å². The molecule has 1 rings (SSSR count). The lowest BCUT2D eigenvalue weighted by Crippen LogP contribution is -2.61. The summed E-state index contributed by atoms with van der Waals surface area (Å²) in [6.45, 7) is 5.61. The number of phosphoric ester groups is 1. The van der Waals surface area contributed by atoms with Gasteiger partial charge in [-0.1, -0.05) is 104 Å². The van der Waals surface area contributed by atoms with Crippen LogP contribution in [0.3, 0.4) is 0 Å². The summed E-state index contributed by atoms with van der Waals surface area (Å²) in [4.78, 5) is 88.9. The lowest BCUT2D eigenvalue weighted by molar-refractivity contribution is -0.161. The van der Waals surface area contributed by atoms with E-state index in [9.17, 15) is 53.5 Å². The summed E-state index contributed by atoms with van der Waals surface area (Å²) in [6.07, 6.45) is 14.9. The maximum atomic E-state index is 12.8. The zero-order valence-electron chi connectivity index (χ0n) is 38.5. The molecule has 1 fully saturated rings. The van der Waals surface area contributed by atoms with Crippen molar-refractivity contribution < 1.29 is 72.1 Å². The standard InChI is InChI=1S/C44H80N3O15P/c1-4-7-9-11-13-15-17-24-42(55)59-33-38(62-43(56)25-18-16-14-12-10-8-5-2)34-61-63(57,58)60-29-21-23-37(48)22-19-20-26-44(47(31-40(51)52)32-41(53)54)35-45(6-3)27-28-46(36-44)30-39(49)50/h38H,4-36H2,1-3H3,(H,49,50)(H,51,52)(H,53,54)(H,57,58). The zero-order valence-corrected chi connectivity index (χ0v) is 39.4. The largest absolute Gasteiger partial charge is 0.480 e. The number of likely N-dealkylation sites (N-methyl/N-ethyl adjacent to an activating group) is 1.